The predicted octanol–water partition coefficient (Wildman–Crippen LogP) is 3.88. The van der Waals surface area contributed by atoms with Gasteiger partial charge in [-0.2, -0.15) is 0 Å². The van der Waals surface area contributed by atoms with E-state index in [0.717, 1.165) is 12.2 Å². The van der Waals surface area contributed by atoms with Gasteiger partial charge in [0.15, 0.2) is 0 Å². The summed E-state index contributed by atoms with van der Waals surface area (Å²) in [5.74, 6) is 0.524. The Kier molecular flexibility index (Phi) is 3.57. The molecule has 0 aliphatic rings. The Balaban J connectivity index is 1.95. The molecule has 1 aromatic heterocycles. The van der Waals surface area contributed by atoms with Gasteiger partial charge in [0.2, 0.25) is 0 Å². The summed E-state index contributed by atoms with van der Waals surface area (Å²) in [6, 6.07) is 10.2. The zero-order valence-corrected chi connectivity index (χ0v) is 10.4. The normalized spacial score (nSPS) is 10.7. The molecule has 3 heteroatoms. The molecule has 0 aliphatic carbocycles. The summed E-state index contributed by atoms with van der Waals surface area (Å²) in [5.41, 5.74) is 1.15. The Labute approximate surface area is 100 Å². The molecule has 84 valence electrons. The third-order valence-electron chi connectivity index (χ3n) is 2.31. The van der Waals surface area contributed by atoms with Gasteiger partial charge >= 0.3 is 0 Å². The van der Waals surface area contributed by atoms with Crippen molar-refractivity contribution < 1.29 is 0 Å². The van der Waals surface area contributed by atoms with Crippen molar-refractivity contribution in [3.63, 3.8) is 0 Å². The monoisotopic (exact) mass is 232 g/mol. The minimum atomic E-state index is 0.524. The summed E-state index contributed by atoms with van der Waals surface area (Å²) in [7, 11) is 0. The zero-order chi connectivity index (χ0) is 11.4. The first-order chi connectivity index (χ1) is 7.75. The molecule has 1 heterocycles. The molecular weight excluding hydrogens is 216 g/mol. The molecule has 2 aromatic rings. The van der Waals surface area contributed by atoms with E-state index in [4.69, 9.17) is 0 Å². The lowest BCUT2D eigenvalue weighted by molar-refractivity contribution is 0.852. The molecule has 2 rings (SSSR count). The first-order valence-corrected chi connectivity index (χ1v) is 6.31. The van der Waals surface area contributed by atoms with Crippen LogP contribution in [0.2, 0.25) is 0 Å². The average molecular weight is 232 g/mol. The van der Waals surface area contributed by atoms with Crippen molar-refractivity contribution in [2.45, 2.75) is 26.3 Å². The van der Waals surface area contributed by atoms with E-state index in [2.05, 4.69) is 36.3 Å². The molecule has 0 fully saturated rings. The molecule has 0 aliphatic heterocycles. The van der Waals surface area contributed by atoms with Crippen LogP contribution in [0.3, 0.4) is 0 Å². The first kappa shape index (κ1) is 11.1. The highest BCUT2D eigenvalue weighted by Gasteiger charge is 2.05. The van der Waals surface area contributed by atoms with Gasteiger partial charge in [-0.3, -0.25) is 0 Å². The van der Waals surface area contributed by atoms with Crippen LogP contribution in [-0.2, 0) is 6.54 Å². The van der Waals surface area contributed by atoms with Gasteiger partial charge in [-0.15, -0.1) is 11.3 Å². The molecule has 1 aromatic carbocycles. The number of hydrogen-bond donors (Lipinski definition) is 1. The highest BCUT2D eigenvalue weighted by atomic mass is 32.1. The summed E-state index contributed by atoms with van der Waals surface area (Å²) < 4.78 is 0. The Morgan fingerprint density at radius 1 is 1.25 bits per heavy atom. The third-order valence-corrected chi connectivity index (χ3v) is 3.60. The Morgan fingerprint density at radius 3 is 2.62 bits per heavy atom. The van der Waals surface area contributed by atoms with Gasteiger partial charge in [-0.25, -0.2) is 4.98 Å². The number of hydrogen-bond acceptors (Lipinski definition) is 3. The summed E-state index contributed by atoms with van der Waals surface area (Å²) in [6.07, 6.45) is 1.97. The molecule has 2 nitrogen and oxygen atoms in total. The van der Waals surface area contributed by atoms with Crippen molar-refractivity contribution in [1.82, 2.24) is 4.98 Å². The minimum absolute atomic E-state index is 0.524. The molecule has 0 saturated heterocycles. The van der Waals surface area contributed by atoms with E-state index >= 15 is 0 Å². The lowest BCUT2D eigenvalue weighted by Crippen LogP contribution is -1.96. The molecule has 0 unspecified atom stereocenters. The van der Waals surface area contributed by atoms with Crippen molar-refractivity contribution in [2.24, 2.45) is 0 Å². The summed E-state index contributed by atoms with van der Waals surface area (Å²) in [6.45, 7) is 5.20. The van der Waals surface area contributed by atoms with Crippen LogP contribution in [0.4, 0.5) is 5.69 Å². The maximum absolute atomic E-state index is 4.41. The van der Waals surface area contributed by atoms with Crippen molar-refractivity contribution >= 4 is 17.0 Å². The van der Waals surface area contributed by atoms with Crippen LogP contribution in [0, 0.1) is 0 Å². The number of nitrogens with zero attached hydrogens (tertiary/aromatic N) is 1. The summed E-state index contributed by atoms with van der Waals surface area (Å²) in [4.78, 5) is 5.69. The standard InChI is InChI=1S/C13H16N2S/c1-10(2)13-15-9-12(16-13)8-14-11-6-4-3-5-7-11/h3-7,9-10,14H,8H2,1-2H3. The maximum atomic E-state index is 4.41. The smallest absolute Gasteiger partial charge is 0.0953 e. The Hall–Kier alpha value is -1.35. The van der Waals surface area contributed by atoms with E-state index < -0.39 is 0 Å². The maximum Gasteiger partial charge on any atom is 0.0953 e. The zero-order valence-electron chi connectivity index (χ0n) is 9.60. The number of anilines is 1. The molecule has 0 bridgehead atoms. The number of thiazole rings is 1. The third kappa shape index (κ3) is 2.83. The van der Waals surface area contributed by atoms with E-state index in [1.54, 1.807) is 11.3 Å². The van der Waals surface area contributed by atoms with Crippen LogP contribution in [-0.4, -0.2) is 4.98 Å². The number of rotatable bonds is 4. The number of benzene rings is 1. The molecule has 16 heavy (non-hydrogen) atoms. The fourth-order valence-electron chi connectivity index (χ4n) is 1.42. The minimum Gasteiger partial charge on any atom is -0.380 e. The fraction of sp³-hybridized carbons (Fsp3) is 0.308. The van der Waals surface area contributed by atoms with Crippen molar-refractivity contribution in [1.29, 1.82) is 0 Å². The molecule has 0 radical (unpaired) electrons. The van der Waals surface area contributed by atoms with Gasteiger partial charge in [-0.1, -0.05) is 32.0 Å². The lowest BCUT2D eigenvalue weighted by atomic mass is 10.2. The Bertz CT molecular complexity index is 434. The molecule has 0 amide bonds. The highest BCUT2D eigenvalue weighted by Crippen LogP contribution is 2.21. The first-order valence-electron chi connectivity index (χ1n) is 5.49. The summed E-state index contributed by atoms with van der Waals surface area (Å²) >= 11 is 1.79. The van der Waals surface area contributed by atoms with Crippen LogP contribution in [0.15, 0.2) is 36.5 Å². The van der Waals surface area contributed by atoms with E-state index in [-0.39, 0.29) is 0 Å². The average Bonchev–Trinajstić information content (AvgIpc) is 2.76. The number of nitrogens with one attached hydrogen (secondary N) is 1. The molecular formula is C13H16N2S. The van der Waals surface area contributed by atoms with Crippen molar-refractivity contribution in [3.05, 3.63) is 46.4 Å². The van der Waals surface area contributed by atoms with Gasteiger partial charge in [0.05, 0.1) is 11.6 Å². The van der Waals surface area contributed by atoms with Crippen LogP contribution in [0.5, 0.6) is 0 Å². The Morgan fingerprint density at radius 2 is 2.00 bits per heavy atom. The quantitative estimate of drug-likeness (QED) is 0.865. The van der Waals surface area contributed by atoms with E-state index in [0.29, 0.717) is 5.92 Å². The molecule has 1 N–H and O–H groups in total. The predicted molar refractivity (Wildman–Crippen MR) is 70.0 cm³/mol. The van der Waals surface area contributed by atoms with E-state index in [1.807, 2.05) is 24.4 Å². The van der Waals surface area contributed by atoms with Gasteiger partial charge < -0.3 is 5.32 Å². The van der Waals surface area contributed by atoms with Crippen molar-refractivity contribution in [3.8, 4) is 0 Å². The second kappa shape index (κ2) is 5.12. The van der Waals surface area contributed by atoms with Gasteiger partial charge in [-0.05, 0) is 12.1 Å². The topological polar surface area (TPSA) is 24.9 Å². The van der Waals surface area contributed by atoms with E-state index in [1.165, 1.54) is 9.88 Å². The van der Waals surface area contributed by atoms with Crippen molar-refractivity contribution in [2.75, 3.05) is 5.32 Å². The van der Waals surface area contributed by atoms with Crippen LogP contribution in [0.25, 0.3) is 0 Å². The van der Waals surface area contributed by atoms with Crippen LogP contribution < -0.4 is 5.32 Å². The number of para-hydroxylation sites is 1. The highest BCUT2D eigenvalue weighted by molar-refractivity contribution is 7.11. The van der Waals surface area contributed by atoms with Crippen LogP contribution in [0.1, 0.15) is 29.7 Å². The van der Waals surface area contributed by atoms with Gasteiger partial charge in [0, 0.05) is 22.7 Å². The largest absolute Gasteiger partial charge is 0.380 e. The van der Waals surface area contributed by atoms with E-state index in [9.17, 15) is 0 Å². The second-order valence-electron chi connectivity index (χ2n) is 4.04. The number of aromatic nitrogens is 1. The van der Waals surface area contributed by atoms with Crippen LogP contribution >= 0.6 is 11.3 Å². The van der Waals surface area contributed by atoms with Gasteiger partial charge in [0.25, 0.3) is 0 Å². The summed E-state index contributed by atoms with van der Waals surface area (Å²) in [5, 5.41) is 4.60. The fourth-order valence-corrected chi connectivity index (χ4v) is 2.28. The lowest BCUT2D eigenvalue weighted by Gasteiger charge is -2.03. The van der Waals surface area contributed by atoms with Gasteiger partial charge in [0.1, 0.15) is 0 Å². The molecule has 0 spiro atoms. The molecule has 0 atom stereocenters. The molecule has 0 saturated carbocycles. The SMILES string of the molecule is CC(C)c1ncc(CNc2ccccc2)s1. The second-order valence-corrected chi connectivity index (χ2v) is 5.19.